The van der Waals surface area contributed by atoms with Crippen molar-refractivity contribution < 1.29 is 18.3 Å². The fourth-order valence-electron chi connectivity index (χ4n) is 2.35. The van der Waals surface area contributed by atoms with E-state index in [4.69, 9.17) is 0 Å². The first kappa shape index (κ1) is 14.1. The predicted octanol–water partition coefficient (Wildman–Crippen LogP) is 2.84. The normalized spacial score (nSPS) is 25.2. The highest BCUT2D eigenvalue weighted by Crippen LogP contribution is 2.36. The summed E-state index contributed by atoms with van der Waals surface area (Å²) in [6.45, 7) is 2.59. The van der Waals surface area contributed by atoms with Crippen LogP contribution in [0.15, 0.2) is 18.3 Å². The molecule has 0 radical (unpaired) electrons. The zero-order valence-corrected chi connectivity index (χ0v) is 10.7. The molecule has 6 heteroatoms. The van der Waals surface area contributed by atoms with E-state index in [0.29, 0.717) is 32.4 Å². The van der Waals surface area contributed by atoms with E-state index in [0.717, 1.165) is 6.07 Å². The molecule has 1 aliphatic rings. The molecule has 0 spiro atoms. The van der Waals surface area contributed by atoms with E-state index < -0.39 is 17.3 Å². The summed E-state index contributed by atoms with van der Waals surface area (Å²) in [7, 11) is 0. The number of alkyl halides is 3. The predicted molar refractivity (Wildman–Crippen MR) is 65.9 cm³/mol. The number of aliphatic hydroxyl groups is 1. The van der Waals surface area contributed by atoms with Gasteiger partial charge in [0.1, 0.15) is 5.82 Å². The first-order valence-electron chi connectivity index (χ1n) is 6.29. The number of anilines is 1. The lowest BCUT2D eigenvalue weighted by Gasteiger charge is -2.25. The number of nitrogens with zero attached hydrogens (tertiary/aromatic N) is 2. The second-order valence-electron chi connectivity index (χ2n) is 5.21. The number of hydrogen-bond acceptors (Lipinski definition) is 3. The molecule has 19 heavy (non-hydrogen) atoms. The lowest BCUT2D eigenvalue weighted by molar-refractivity contribution is -0.137. The Morgan fingerprint density at radius 3 is 2.74 bits per heavy atom. The minimum atomic E-state index is -4.40. The summed E-state index contributed by atoms with van der Waals surface area (Å²) < 4.78 is 38.8. The van der Waals surface area contributed by atoms with Gasteiger partial charge in [0.05, 0.1) is 11.2 Å². The van der Waals surface area contributed by atoms with Gasteiger partial charge in [-0.15, -0.1) is 0 Å². The van der Waals surface area contributed by atoms with Crippen molar-refractivity contribution in [2.45, 2.75) is 38.0 Å². The zero-order valence-electron chi connectivity index (χ0n) is 10.7. The maximum atomic E-state index is 12.9. The highest BCUT2D eigenvalue weighted by Gasteiger charge is 2.36. The monoisotopic (exact) mass is 274 g/mol. The zero-order chi connectivity index (χ0) is 14.1. The van der Waals surface area contributed by atoms with Gasteiger partial charge in [-0.1, -0.05) is 0 Å². The Kier molecular flexibility index (Phi) is 3.71. The maximum absolute atomic E-state index is 12.9. The quantitative estimate of drug-likeness (QED) is 0.855. The molecular weight excluding hydrogens is 257 g/mol. The molecule has 1 aromatic heterocycles. The van der Waals surface area contributed by atoms with Crippen LogP contribution >= 0.6 is 0 Å². The second-order valence-corrected chi connectivity index (χ2v) is 5.21. The number of hydrogen-bond donors (Lipinski definition) is 1. The molecule has 2 heterocycles. The van der Waals surface area contributed by atoms with Crippen LogP contribution in [0.25, 0.3) is 0 Å². The fraction of sp³-hybridized carbons (Fsp3) is 0.615. The van der Waals surface area contributed by atoms with Gasteiger partial charge in [0.2, 0.25) is 0 Å². The molecule has 1 aliphatic heterocycles. The van der Waals surface area contributed by atoms with Gasteiger partial charge in [0.15, 0.2) is 0 Å². The Labute approximate surface area is 110 Å². The summed E-state index contributed by atoms with van der Waals surface area (Å²) >= 11 is 0. The molecule has 0 bridgehead atoms. The van der Waals surface area contributed by atoms with Crippen LogP contribution in [0.3, 0.4) is 0 Å². The Morgan fingerprint density at radius 1 is 1.32 bits per heavy atom. The van der Waals surface area contributed by atoms with E-state index >= 15 is 0 Å². The molecule has 1 unspecified atom stereocenters. The summed E-state index contributed by atoms with van der Waals surface area (Å²) in [6, 6.07) is 2.34. The summed E-state index contributed by atoms with van der Waals surface area (Å²) in [4.78, 5) is 5.50. The van der Waals surface area contributed by atoms with E-state index in [1.807, 2.05) is 0 Å². The highest BCUT2D eigenvalue weighted by molar-refractivity contribution is 5.48. The Hall–Kier alpha value is -1.30. The molecule has 0 amide bonds. The molecule has 2 rings (SSSR count). The molecule has 1 atom stereocenters. The largest absolute Gasteiger partial charge is 0.419 e. The minimum absolute atomic E-state index is 0.0345. The molecule has 1 N–H and O–H groups in total. The third kappa shape index (κ3) is 3.37. The van der Waals surface area contributed by atoms with Crippen molar-refractivity contribution in [3.63, 3.8) is 0 Å². The van der Waals surface area contributed by atoms with Gasteiger partial charge in [-0.05, 0) is 38.3 Å². The Morgan fingerprint density at radius 2 is 2.05 bits per heavy atom. The highest BCUT2D eigenvalue weighted by atomic mass is 19.4. The number of rotatable bonds is 1. The first-order chi connectivity index (χ1) is 8.80. The van der Waals surface area contributed by atoms with Crippen LogP contribution < -0.4 is 4.90 Å². The van der Waals surface area contributed by atoms with Crippen molar-refractivity contribution in [1.29, 1.82) is 0 Å². The van der Waals surface area contributed by atoms with Crippen molar-refractivity contribution in [2.24, 2.45) is 0 Å². The van der Waals surface area contributed by atoms with Crippen LogP contribution in [0.2, 0.25) is 0 Å². The Bertz CT molecular complexity index is 446. The van der Waals surface area contributed by atoms with Crippen LogP contribution in [0.1, 0.15) is 31.7 Å². The molecule has 0 aromatic carbocycles. The Balaban J connectivity index is 2.27. The van der Waals surface area contributed by atoms with E-state index in [1.54, 1.807) is 11.8 Å². The third-order valence-corrected chi connectivity index (χ3v) is 3.46. The first-order valence-corrected chi connectivity index (χ1v) is 6.29. The average molecular weight is 274 g/mol. The lowest BCUT2D eigenvalue weighted by Crippen LogP contribution is -2.30. The van der Waals surface area contributed by atoms with E-state index in [1.165, 1.54) is 12.3 Å². The number of halogens is 3. The van der Waals surface area contributed by atoms with Gasteiger partial charge in [-0.25, -0.2) is 4.98 Å². The lowest BCUT2D eigenvalue weighted by atomic mass is 9.98. The van der Waals surface area contributed by atoms with Crippen LogP contribution in [0.4, 0.5) is 19.0 Å². The molecular formula is C13H17F3N2O. The topological polar surface area (TPSA) is 36.4 Å². The van der Waals surface area contributed by atoms with Crippen molar-refractivity contribution in [2.75, 3.05) is 18.0 Å². The van der Waals surface area contributed by atoms with E-state index in [9.17, 15) is 18.3 Å². The fourth-order valence-corrected chi connectivity index (χ4v) is 2.35. The summed E-state index contributed by atoms with van der Waals surface area (Å²) in [5.41, 5.74) is -1.52. The molecule has 1 saturated heterocycles. The maximum Gasteiger partial charge on any atom is 0.419 e. The number of aromatic nitrogens is 1. The van der Waals surface area contributed by atoms with Crippen LogP contribution in [0, 0.1) is 0 Å². The van der Waals surface area contributed by atoms with Gasteiger partial charge < -0.3 is 10.0 Å². The van der Waals surface area contributed by atoms with E-state index in [-0.39, 0.29) is 5.82 Å². The van der Waals surface area contributed by atoms with Gasteiger partial charge in [-0.3, -0.25) is 0 Å². The molecule has 3 nitrogen and oxygen atoms in total. The van der Waals surface area contributed by atoms with Crippen LogP contribution in [-0.2, 0) is 6.18 Å². The standard InChI is InChI=1S/C13H17F3N2O/c1-12(19)5-3-8-18(9-6-12)11-10(13(14,15)16)4-2-7-17-11/h2,4,7,19H,3,5-6,8-9H2,1H3. The molecule has 1 fully saturated rings. The van der Waals surface area contributed by atoms with E-state index in [2.05, 4.69) is 4.98 Å². The SMILES string of the molecule is CC1(O)CCCN(c2ncccc2C(F)(F)F)CC1. The smallest absolute Gasteiger partial charge is 0.390 e. The molecule has 0 saturated carbocycles. The minimum Gasteiger partial charge on any atom is -0.390 e. The van der Waals surface area contributed by atoms with Gasteiger partial charge >= 0.3 is 6.18 Å². The summed E-state index contributed by atoms with van der Waals surface area (Å²) in [6.07, 6.45) is -1.34. The summed E-state index contributed by atoms with van der Waals surface area (Å²) in [5.74, 6) is -0.0345. The second kappa shape index (κ2) is 5.00. The van der Waals surface area contributed by atoms with Crippen LogP contribution in [0.5, 0.6) is 0 Å². The van der Waals surface area contributed by atoms with Crippen molar-refractivity contribution >= 4 is 5.82 Å². The summed E-state index contributed by atoms with van der Waals surface area (Å²) in [5, 5.41) is 9.98. The number of pyridine rings is 1. The molecule has 1 aromatic rings. The molecule has 106 valence electrons. The average Bonchev–Trinajstić information content (AvgIpc) is 2.49. The van der Waals surface area contributed by atoms with Gasteiger partial charge in [0.25, 0.3) is 0 Å². The van der Waals surface area contributed by atoms with Crippen molar-refractivity contribution in [3.05, 3.63) is 23.9 Å². The van der Waals surface area contributed by atoms with Gasteiger partial charge in [-0.2, -0.15) is 13.2 Å². The van der Waals surface area contributed by atoms with Crippen LogP contribution in [-0.4, -0.2) is 28.8 Å². The van der Waals surface area contributed by atoms with Crippen molar-refractivity contribution in [3.8, 4) is 0 Å². The van der Waals surface area contributed by atoms with Crippen molar-refractivity contribution in [1.82, 2.24) is 4.98 Å². The third-order valence-electron chi connectivity index (χ3n) is 3.46. The molecule has 0 aliphatic carbocycles. The van der Waals surface area contributed by atoms with Gasteiger partial charge in [0, 0.05) is 19.3 Å².